The SMILES string of the molecule is CC[C@H]1O[C@@H](C)[C@@H](C)C1OP1O[C@H](CS(=O)(=O)c2ccccc2)[C@@H]2CCCN21. The summed E-state index contributed by atoms with van der Waals surface area (Å²) < 4.78 is 46.8. The summed E-state index contributed by atoms with van der Waals surface area (Å²) in [5.41, 5.74) is 0. The summed E-state index contributed by atoms with van der Waals surface area (Å²) in [4.78, 5) is 0.359. The number of hydrogen-bond donors (Lipinski definition) is 0. The quantitative estimate of drug-likeness (QED) is 0.644. The van der Waals surface area contributed by atoms with E-state index in [1.54, 1.807) is 24.3 Å². The van der Waals surface area contributed by atoms with Crippen LogP contribution in [0.5, 0.6) is 0 Å². The largest absolute Gasteiger partial charge is 0.372 e. The Morgan fingerprint density at radius 3 is 2.68 bits per heavy atom. The summed E-state index contributed by atoms with van der Waals surface area (Å²) in [6.45, 7) is 7.28. The Morgan fingerprint density at radius 1 is 1.21 bits per heavy atom. The van der Waals surface area contributed by atoms with Crippen LogP contribution >= 0.6 is 8.53 Å². The van der Waals surface area contributed by atoms with Crippen LogP contribution in [0, 0.1) is 5.92 Å². The molecule has 0 bridgehead atoms. The van der Waals surface area contributed by atoms with E-state index in [-0.39, 0.29) is 36.2 Å². The van der Waals surface area contributed by atoms with E-state index in [1.165, 1.54) is 0 Å². The molecule has 1 aromatic rings. The first-order valence-electron chi connectivity index (χ1n) is 10.2. The van der Waals surface area contributed by atoms with Crippen molar-refractivity contribution >= 4 is 18.4 Å². The van der Waals surface area contributed by atoms with Crippen LogP contribution in [0.25, 0.3) is 0 Å². The van der Waals surface area contributed by atoms with Gasteiger partial charge in [-0.25, -0.2) is 13.1 Å². The third-order valence-corrected chi connectivity index (χ3v) is 9.80. The van der Waals surface area contributed by atoms with Gasteiger partial charge in [0, 0.05) is 18.5 Å². The van der Waals surface area contributed by atoms with Gasteiger partial charge in [-0.2, -0.15) is 0 Å². The molecule has 2 unspecified atom stereocenters. The highest BCUT2D eigenvalue weighted by Crippen LogP contribution is 2.58. The second kappa shape index (κ2) is 8.29. The highest BCUT2D eigenvalue weighted by molar-refractivity contribution is 7.91. The van der Waals surface area contributed by atoms with Crippen molar-refractivity contribution in [2.75, 3.05) is 12.3 Å². The predicted octanol–water partition coefficient (Wildman–Crippen LogP) is 3.77. The first-order valence-corrected chi connectivity index (χ1v) is 13.0. The highest BCUT2D eigenvalue weighted by atomic mass is 32.2. The van der Waals surface area contributed by atoms with Gasteiger partial charge in [0.1, 0.15) is 0 Å². The Kier molecular flexibility index (Phi) is 6.13. The minimum Gasteiger partial charge on any atom is -0.372 e. The highest BCUT2D eigenvalue weighted by Gasteiger charge is 2.51. The minimum atomic E-state index is -3.39. The lowest BCUT2D eigenvalue weighted by Gasteiger charge is -2.27. The number of benzene rings is 1. The van der Waals surface area contributed by atoms with E-state index < -0.39 is 18.4 Å². The molecule has 3 saturated heterocycles. The van der Waals surface area contributed by atoms with Gasteiger partial charge in [0.15, 0.2) is 9.84 Å². The molecule has 0 aliphatic carbocycles. The standard InChI is InChI=1S/C20H30NO5PS/c1-4-18-20(14(2)15(3)24-18)26-27-21-12-8-11-17(21)19(25-27)13-28(22,23)16-9-6-5-7-10-16/h5-7,9-10,14-15,17-20H,4,8,11-13H2,1-3H3/t14-,15+,17+,18-,19-,20?,27?/m1/s1. The average Bonchev–Trinajstić information content (AvgIpc) is 3.35. The Bertz CT molecular complexity index is 776. The number of hydrogen-bond acceptors (Lipinski definition) is 6. The molecule has 3 fully saturated rings. The molecular formula is C20H30NO5PS. The van der Waals surface area contributed by atoms with Gasteiger partial charge >= 0.3 is 0 Å². The van der Waals surface area contributed by atoms with Crippen LogP contribution in [0.3, 0.4) is 0 Å². The molecule has 0 spiro atoms. The van der Waals surface area contributed by atoms with Crippen LogP contribution < -0.4 is 0 Å². The summed E-state index contributed by atoms with van der Waals surface area (Å²) in [6, 6.07) is 8.77. The van der Waals surface area contributed by atoms with Crippen LogP contribution in [-0.4, -0.2) is 55.8 Å². The third kappa shape index (κ3) is 3.90. The van der Waals surface area contributed by atoms with Gasteiger partial charge in [0.2, 0.25) is 0 Å². The fourth-order valence-electron chi connectivity index (χ4n) is 4.45. The van der Waals surface area contributed by atoms with E-state index in [1.807, 2.05) is 6.07 Å². The van der Waals surface area contributed by atoms with Crippen molar-refractivity contribution in [3.05, 3.63) is 30.3 Å². The molecule has 0 N–H and O–H groups in total. The topological polar surface area (TPSA) is 65.1 Å². The number of sulfone groups is 1. The smallest absolute Gasteiger partial charge is 0.259 e. The van der Waals surface area contributed by atoms with E-state index in [9.17, 15) is 8.42 Å². The predicted molar refractivity (Wildman–Crippen MR) is 109 cm³/mol. The normalized spacial score (nSPS) is 38.8. The Morgan fingerprint density at radius 2 is 1.96 bits per heavy atom. The fraction of sp³-hybridized carbons (Fsp3) is 0.700. The molecule has 0 aromatic heterocycles. The molecular weight excluding hydrogens is 397 g/mol. The van der Waals surface area contributed by atoms with Gasteiger partial charge in [-0.05, 0) is 38.3 Å². The van der Waals surface area contributed by atoms with E-state index >= 15 is 0 Å². The number of fused-ring (bicyclic) bond motifs is 1. The summed E-state index contributed by atoms with van der Waals surface area (Å²) in [5, 5.41) is 0. The van der Waals surface area contributed by atoms with Crippen molar-refractivity contribution in [1.29, 1.82) is 0 Å². The van der Waals surface area contributed by atoms with E-state index in [0.717, 1.165) is 25.8 Å². The van der Waals surface area contributed by atoms with E-state index in [0.29, 0.717) is 10.8 Å². The lowest BCUT2D eigenvalue weighted by atomic mass is 9.98. The molecule has 28 heavy (non-hydrogen) atoms. The molecule has 0 radical (unpaired) electrons. The molecule has 7 atom stereocenters. The maximum absolute atomic E-state index is 12.9. The minimum absolute atomic E-state index is 0.00292. The molecule has 4 rings (SSSR count). The summed E-state index contributed by atoms with van der Waals surface area (Å²) in [5.74, 6) is 0.300. The maximum atomic E-state index is 12.9. The third-order valence-electron chi connectivity index (χ3n) is 6.25. The average molecular weight is 428 g/mol. The van der Waals surface area contributed by atoms with Crippen molar-refractivity contribution < 1.29 is 22.2 Å². The lowest BCUT2D eigenvalue weighted by molar-refractivity contribution is 0.0194. The number of ether oxygens (including phenoxy) is 1. The zero-order valence-electron chi connectivity index (χ0n) is 16.7. The number of rotatable bonds is 6. The molecule has 3 aliphatic rings. The van der Waals surface area contributed by atoms with Crippen molar-refractivity contribution in [3.63, 3.8) is 0 Å². The van der Waals surface area contributed by atoms with Crippen molar-refractivity contribution in [2.45, 2.75) is 75.4 Å². The Labute approximate surface area is 169 Å². The van der Waals surface area contributed by atoms with Crippen LogP contribution in [0.15, 0.2) is 35.2 Å². The monoisotopic (exact) mass is 427 g/mol. The molecule has 1 aromatic carbocycles. The molecule has 0 saturated carbocycles. The van der Waals surface area contributed by atoms with Crippen LogP contribution in [0.2, 0.25) is 0 Å². The van der Waals surface area contributed by atoms with E-state index in [4.69, 9.17) is 13.8 Å². The van der Waals surface area contributed by atoms with Crippen LogP contribution in [-0.2, 0) is 23.6 Å². The molecule has 3 heterocycles. The fourth-order valence-corrected chi connectivity index (χ4v) is 8.12. The van der Waals surface area contributed by atoms with Crippen LogP contribution in [0.1, 0.15) is 40.0 Å². The summed E-state index contributed by atoms with van der Waals surface area (Å²) in [7, 11) is -4.64. The second-order valence-corrected chi connectivity index (χ2v) is 11.5. The maximum Gasteiger partial charge on any atom is 0.259 e. The van der Waals surface area contributed by atoms with Crippen molar-refractivity contribution in [2.24, 2.45) is 5.92 Å². The Hall–Kier alpha value is -0.560. The van der Waals surface area contributed by atoms with Gasteiger partial charge < -0.3 is 13.8 Å². The van der Waals surface area contributed by atoms with Gasteiger partial charge in [-0.15, -0.1) is 0 Å². The van der Waals surface area contributed by atoms with Gasteiger partial charge in [-0.1, -0.05) is 32.0 Å². The van der Waals surface area contributed by atoms with Gasteiger partial charge in [-0.3, -0.25) is 0 Å². The summed E-state index contributed by atoms with van der Waals surface area (Å²) in [6.07, 6.45) is 2.81. The molecule has 156 valence electrons. The van der Waals surface area contributed by atoms with Gasteiger partial charge in [0.05, 0.1) is 35.1 Å². The molecule has 6 nitrogen and oxygen atoms in total. The first kappa shape index (κ1) is 20.7. The molecule has 3 aliphatic heterocycles. The zero-order valence-corrected chi connectivity index (χ0v) is 18.4. The summed E-state index contributed by atoms with van der Waals surface area (Å²) >= 11 is 0. The van der Waals surface area contributed by atoms with E-state index in [2.05, 4.69) is 25.4 Å². The lowest BCUT2D eigenvalue weighted by Crippen LogP contribution is -2.34. The first-order chi connectivity index (χ1) is 13.4. The molecule has 0 amide bonds. The number of nitrogens with zero attached hydrogens (tertiary/aromatic N) is 1. The Balaban J connectivity index is 1.48. The second-order valence-electron chi connectivity index (χ2n) is 8.07. The van der Waals surface area contributed by atoms with Crippen LogP contribution in [0.4, 0.5) is 0 Å². The van der Waals surface area contributed by atoms with Crippen molar-refractivity contribution in [1.82, 2.24) is 4.67 Å². The van der Waals surface area contributed by atoms with Crippen molar-refractivity contribution in [3.8, 4) is 0 Å². The zero-order chi connectivity index (χ0) is 19.9. The molecule has 8 heteroatoms. The van der Waals surface area contributed by atoms with Gasteiger partial charge in [0.25, 0.3) is 8.53 Å².